The summed E-state index contributed by atoms with van der Waals surface area (Å²) in [5.74, 6) is 0.0519. The van der Waals surface area contributed by atoms with Gasteiger partial charge in [0.15, 0.2) is 0 Å². The van der Waals surface area contributed by atoms with Crippen molar-refractivity contribution in [3.05, 3.63) is 24.5 Å². The zero-order chi connectivity index (χ0) is 9.10. The predicted molar refractivity (Wildman–Crippen MR) is 47.7 cm³/mol. The molecule has 0 aromatic carbocycles. The molecule has 0 radical (unpaired) electrons. The molecule has 1 unspecified atom stereocenters. The molecule has 1 aromatic rings. The van der Waals surface area contributed by atoms with E-state index >= 15 is 0 Å². The van der Waals surface area contributed by atoms with Crippen LogP contribution in [0.4, 0.5) is 0 Å². The average molecular weight is 180 g/mol. The molecule has 4 nitrogen and oxygen atoms in total. The highest BCUT2D eigenvalue weighted by Gasteiger charge is 2.23. The van der Waals surface area contributed by atoms with E-state index in [1.165, 1.54) is 0 Å². The first-order valence-corrected chi connectivity index (χ1v) is 4.38. The number of hydrogen-bond acceptors (Lipinski definition) is 2. The van der Waals surface area contributed by atoms with Crippen LogP contribution < -0.4 is 5.43 Å². The van der Waals surface area contributed by atoms with Gasteiger partial charge in [-0.15, -0.1) is 0 Å². The molecule has 13 heavy (non-hydrogen) atoms. The summed E-state index contributed by atoms with van der Waals surface area (Å²) in [4.78, 5) is 11.5. The third kappa shape index (κ3) is 1.89. The van der Waals surface area contributed by atoms with Gasteiger partial charge in [-0.3, -0.25) is 14.9 Å². The number of ether oxygens (including phenoxy) is 1. The van der Waals surface area contributed by atoms with Gasteiger partial charge < -0.3 is 4.74 Å². The maximum absolute atomic E-state index is 11.5. The van der Waals surface area contributed by atoms with E-state index in [2.05, 4.69) is 5.43 Å². The molecular weight excluding hydrogens is 168 g/mol. The first kappa shape index (κ1) is 8.31. The van der Waals surface area contributed by atoms with E-state index < -0.39 is 0 Å². The van der Waals surface area contributed by atoms with E-state index in [4.69, 9.17) is 4.74 Å². The molecular formula is C9H12N2O2. The number of amides is 1. The molecule has 0 spiro atoms. The minimum atomic E-state index is 0.0161. The third-order valence-electron chi connectivity index (χ3n) is 2.14. The molecule has 1 fully saturated rings. The zero-order valence-electron chi connectivity index (χ0n) is 7.27. The van der Waals surface area contributed by atoms with Crippen molar-refractivity contribution in [1.82, 2.24) is 4.68 Å². The Labute approximate surface area is 76.5 Å². The van der Waals surface area contributed by atoms with E-state index in [1.54, 1.807) is 17.1 Å². The Morgan fingerprint density at radius 3 is 2.85 bits per heavy atom. The summed E-state index contributed by atoms with van der Waals surface area (Å²) in [5, 5.41) is 0. The van der Waals surface area contributed by atoms with Crippen molar-refractivity contribution in [3.63, 3.8) is 0 Å². The Kier molecular flexibility index (Phi) is 2.31. The van der Waals surface area contributed by atoms with Crippen LogP contribution in [0.3, 0.4) is 0 Å². The Morgan fingerprint density at radius 1 is 1.46 bits per heavy atom. The van der Waals surface area contributed by atoms with E-state index in [0.717, 1.165) is 6.42 Å². The van der Waals surface area contributed by atoms with Gasteiger partial charge in [-0.1, -0.05) is 0 Å². The van der Waals surface area contributed by atoms with Crippen LogP contribution in [0.1, 0.15) is 6.42 Å². The van der Waals surface area contributed by atoms with Crippen LogP contribution in [0.25, 0.3) is 0 Å². The Bertz CT molecular complexity index is 276. The van der Waals surface area contributed by atoms with E-state index in [1.807, 2.05) is 12.1 Å². The largest absolute Gasteiger partial charge is 0.381 e. The summed E-state index contributed by atoms with van der Waals surface area (Å²) in [6.45, 7) is 1.25. The summed E-state index contributed by atoms with van der Waals surface area (Å²) in [6.07, 6.45) is 4.43. The fourth-order valence-corrected chi connectivity index (χ4v) is 1.37. The van der Waals surface area contributed by atoms with Crippen LogP contribution in [0.2, 0.25) is 0 Å². The fourth-order valence-electron chi connectivity index (χ4n) is 1.37. The highest BCUT2D eigenvalue weighted by molar-refractivity contribution is 5.86. The quantitative estimate of drug-likeness (QED) is 0.724. The molecule has 0 bridgehead atoms. The lowest BCUT2D eigenvalue weighted by atomic mass is 10.1. The average Bonchev–Trinajstić information content (AvgIpc) is 2.74. The number of nitrogens with one attached hydrogen (secondary N) is 1. The molecule has 0 aliphatic carbocycles. The number of aromatic nitrogens is 1. The normalized spacial score (nSPS) is 21.7. The van der Waals surface area contributed by atoms with Crippen LogP contribution in [-0.2, 0) is 9.53 Å². The molecule has 2 rings (SSSR count). The molecule has 1 saturated heterocycles. The van der Waals surface area contributed by atoms with E-state index in [-0.39, 0.29) is 11.8 Å². The van der Waals surface area contributed by atoms with Gasteiger partial charge in [0.05, 0.1) is 12.5 Å². The van der Waals surface area contributed by atoms with Crippen LogP contribution in [0.15, 0.2) is 24.5 Å². The van der Waals surface area contributed by atoms with Crippen LogP contribution >= 0.6 is 0 Å². The predicted octanol–water partition coefficient (Wildman–Crippen LogP) is 0.595. The van der Waals surface area contributed by atoms with Gasteiger partial charge >= 0.3 is 0 Å². The lowest BCUT2D eigenvalue weighted by molar-refractivity contribution is -0.120. The summed E-state index contributed by atoms with van der Waals surface area (Å²) in [7, 11) is 0. The van der Waals surface area contributed by atoms with Crippen LogP contribution in [0.5, 0.6) is 0 Å². The Hall–Kier alpha value is -1.29. The fraction of sp³-hybridized carbons (Fsp3) is 0.444. The van der Waals surface area contributed by atoms with Crippen molar-refractivity contribution < 1.29 is 9.53 Å². The zero-order valence-corrected chi connectivity index (χ0v) is 7.27. The second-order valence-electron chi connectivity index (χ2n) is 3.13. The smallest absolute Gasteiger partial charge is 0.244 e. The van der Waals surface area contributed by atoms with Gasteiger partial charge in [0.25, 0.3) is 0 Å². The van der Waals surface area contributed by atoms with E-state index in [0.29, 0.717) is 13.2 Å². The maximum atomic E-state index is 11.5. The standard InChI is InChI=1S/C9H12N2O2/c12-9(8-3-6-13-7-8)10-11-4-1-2-5-11/h1-2,4-5,8H,3,6-7H2,(H,10,12). The Balaban J connectivity index is 1.91. The molecule has 1 amide bonds. The number of rotatable bonds is 2. The highest BCUT2D eigenvalue weighted by Crippen LogP contribution is 2.12. The van der Waals surface area contributed by atoms with Gasteiger partial charge in [0, 0.05) is 19.0 Å². The molecule has 1 aliphatic rings. The first-order chi connectivity index (χ1) is 6.36. The van der Waals surface area contributed by atoms with Crippen molar-refractivity contribution in [2.75, 3.05) is 18.6 Å². The topological polar surface area (TPSA) is 43.3 Å². The van der Waals surface area contributed by atoms with Crippen molar-refractivity contribution in [2.45, 2.75) is 6.42 Å². The minimum absolute atomic E-state index is 0.0161. The summed E-state index contributed by atoms with van der Waals surface area (Å²) < 4.78 is 6.78. The van der Waals surface area contributed by atoms with Crippen molar-refractivity contribution >= 4 is 5.91 Å². The van der Waals surface area contributed by atoms with Crippen molar-refractivity contribution in [3.8, 4) is 0 Å². The van der Waals surface area contributed by atoms with Crippen LogP contribution in [0, 0.1) is 5.92 Å². The molecule has 4 heteroatoms. The molecule has 70 valence electrons. The van der Waals surface area contributed by atoms with Crippen molar-refractivity contribution in [1.29, 1.82) is 0 Å². The summed E-state index contributed by atoms with van der Waals surface area (Å²) >= 11 is 0. The first-order valence-electron chi connectivity index (χ1n) is 4.38. The van der Waals surface area contributed by atoms with Gasteiger partial charge in [-0.2, -0.15) is 0 Å². The lowest BCUT2D eigenvalue weighted by Gasteiger charge is -2.09. The summed E-state index contributed by atoms with van der Waals surface area (Å²) in [6, 6.07) is 3.73. The van der Waals surface area contributed by atoms with Gasteiger partial charge in [-0.05, 0) is 18.6 Å². The Morgan fingerprint density at radius 2 is 2.23 bits per heavy atom. The second-order valence-corrected chi connectivity index (χ2v) is 3.13. The van der Waals surface area contributed by atoms with E-state index in [9.17, 15) is 4.79 Å². The minimum Gasteiger partial charge on any atom is -0.381 e. The summed E-state index contributed by atoms with van der Waals surface area (Å²) in [5.41, 5.74) is 2.76. The molecule has 1 N–H and O–H groups in total. The molecule has 1 aromatic heterocycles. The molecule has 0 saturated carbocycles. The lowest BCUT2D eigenvalue weighted by Crippen LogP contribution is -2.28. The monoisotopic (exact) mass is 180 g/mol. The number of carbonyl (C=O) groups is 1. The highest BCUT2D eigenvalue weighted by atomic mass is 16.5. The molecule has 1 atom stereocenters. The second kappa shape index (κ2) is 3.62. The third-order valence-corrected chi connectivity index (χ3v) is 2.14. The van der Waals surface area contributed by atoms with Crippen LogP contribution in [-0.4, -0.2) is 23.8 Å². The number of nitrogens with zero attached hydrogens (tertiary/aromatic N) is 1. The molecule has 2 heterocycles. The number of carbonyl (C=O) groups excluding carboxylic acids is 1. The van der Waals surface area contributed by atoms with Gasteiger partial charge in [-0.25, -0.2) is 0 Å². The SMILES string of the molecule is O=C(Nn1cccc1)C1CCOC1. The van der Waals surface area contributed by atoms with Gasteiger partial charge in [0.2, 0.25) is 5.91 Å². The number of hydrogen-bond donors (Lipinski definition) is 1. The van der Waals surface area contributed by atoms with Crippen molar-refractivity contribution in [2.24, 2.45) is 5.92 Å². The van der Waals surface area contributed by atoms with Gasteiger partial charge in [0.1, 0.15) is 0 Å². The maximum Gasteiger partial charge on any atom is 0.244 e. The molecule has 1 aliphatic heterocycles.